The molecule has 3 atom stereocenters. The van der Waals surface area contributed by atoms with Gasteiger partial charge in [0.2, 0.25) is 5.91 Å². The summed E-state index contributed by atoms with van der Waals surface area (Å²) in [5.74, 6) is -0.0108. The summed E-state index contributed by atoms with van der Waals surface area (Å²) in [5, 5.41) is 7.31. The Balaban J connectivity index is 1.92. The predicted octanol–water partition coefficient (Wildman–Crippen LogP) is 1.75. The van der Waals surface area contributed by atoms with Crippen LogP contribution in [0.5, 0.6) is 0 Å². The minimum Gasteiger partial charge on any atom is -0.364 e. The Labute approximate surface area is 136 Å². The average Bonchev–Trinajstić information content (AvgIpc) is 3.22. The molecular formula is C16H27N3O2S. The Morgan fingerprint density at radius 3 is 2.82 bits per heavy atom. The molecule has 0 aliphatic carbocycles. The first-order valence-corrected chi connectivity index (χ1v) is 9.03. The number of thiophene rings is 1. The summed E-state index contributed by atoms with van der Waals surface area (Å²) in [6.45, 7) is 7.32. The van der Waals surface area contributed by atoms with Crippen molar-refractivity contribution in [3.05, 3.63) is 22.4 Å². The smallest absolute Gasteiger partial charge is 0.249 e. The van der Waals surface area contributed by atoms with E-state index in [1.54, 1.807) is 11.3 Å². The van der Waals surface area contributed by atoms with Gasteiger partial charge in [0, 0.05) is 13.1 Å². The van der Waals surface area contributed by atoms with Crippen LogP contribution in [0, 0.1) is 0 Å². The maximum atomic E-state index is 12.3. The molecule has 2 heterocycles. The van der Waals surface area contributed by atoms with Crippen LogP contribution >= 0.6 is 11.3 Å². The molecule has 6 heteroatoms. The summed E-state index contributed by atoms with van der Waals surface area (Å²) in [5.41, 5.74) is 6.86. The van der Waals surface area contributed by atoms with Gasteiger partial charge in [-0.1, -0.05) is 13.8 Å². The lowest BCUT2D eigenvalue weighted by atomic mass is 10.1. The van der Waals surface area contributed by atoms with Crippen LogP contribution in [0.15, 0.2) is 16.8 Å². The molecule has 1 fully saturated rings. The zero-order valence-electron chi connectivity index (χ0n) is 13.5. The predicted molar refractivity (Wildman–Crippen MR) is 89.9 cm³/mol. The molecule has 1 amide bonds. The number of likely N-dealkylation sites (N-methyl/N-ethyl adjacent to an activating group) is 1. The van der Waals surface area contributed by atoms with Gasteiger partial charge in [-0.05, 0) is 48.3 Å². The number of carbonyl (C=O) groups is 1. The third-order valence-corrected chi connectivity index (χ3v) is 5.02. The van der Waals surface area contributed by atoms with Gasteiger partial charge >= 0.3 is 0 Å². The van der Waals surface area contributed by atoms with Gasteiger partial charge < -0.3 is 15.8 Å². The molecule has 3 N–H and O–H groups in total. The zero-order chi connectivity index (χ0) is 15.9. The Kier molecular flexibility index (Phi) is 6.82. The number of amides is 1. The first kappa shape index (κ1) is 17.4. The molecule has 2 rings (SSSR count). The van der Waals surface area contributed by atoms with Crippen LogP contribution in [0.1, 0.15) is 38.3 Å². The second-order valence-electron chi connectivity index (χ2n) is 5.60. The fourth-order valence-corrected chi connectivity index (χ4v) is 3.68. The van der Waals surface area contributed by atoms with Crippen molar-refractivity contribution in [1.82, 2.24) is 10.2 Å². The minimum absolute atomic E-state index is 0.0108. The van der Waals surface area contributed by atoms with Crippen LogP contribution in [0.4, 0.5) is 0 Å². The van der Waals surface area contributed by atoms with E-state index in [-0.39, 0.29) is 24.2 Å². The lowest BCUT2D eigenvalue weighted by Crippen LogP contribution is -2.42. The molecule has 0 spiro atoms. The molecule has 1 aromatic rings. The summed E-state index contributed by atoms with van der Waals surface area (Å²) in [7, 11) is 0. The molecule has 0 aromatic carbocycles. The zero-order valence-corrected chi connectivity index (χ0v) is 14.3. The van der Waals surface area contributed by atoms with Gasteiger partial charge in [-0.25, -0.2) is 0 Å². The molecule has 5 nitrogen and oxygen atoms in total. The van der Waals surface area contributed by atoms with Crippen molar-refractivity contribution in [2.75, 3.05) is 26.2 Å². The third-order valence-electron chi connectivity index (χ3n) is 4.31. The quantitative estimate of drug-likeness (QED) is 0.764. The van der Waals surface area contributed by atoms with E-state index >= 15 is 0 Å². The standard InChI is InChI=1S/C16H27N3O2S/c1-3-19(4-2)14(12-7-8-22-11-12)10-18-16(20)15-6-5-13(9-17)21-15/h7-8,11,13-15H,3-6,9-10,17H2,1-2H3,(H,18,20)/t13-,14?,15+/m1/s1. The SMILES string of the molecule is CCN(CC)C(CNC(=O)[C@@H]1CC[C@H](CN)O1)c1ccsc1. The molecule has 1 aliphatic rings. The van der Waals surface area contributed by atoms with Gasteiger partial charge in [0.1, 0.15) is 6.10 Å². The Bertz CT molecular complexity index is 448. The Hall–Kier alpha value is -0.950. The number of nitrogens with two attached hydrogens (primary N) is 1. The molecule has 1 aromatic heterocycles. The summed E-state index contributed by atoms with van der Waals surface area (Å²) in [6.07, 6.45) is 1.33. The molecule has 0 saturated carbocycles. The number of rotatable bonds is 8. The molecule has 22 heavy (non-hydrogen) atoms. The van der Waals surface area contributed by atoms with Crippen LogP contribution in [0.2, 0.25) is 0 Å². The number of hydrogen-bond donors (Lipinski definition) is 2. The summed E-state index contributed by atoms with van der Waals surface area (Å²) in [6, 6.07) is 2.35. The number of nitrogens with one attached hydrogen (secondary N) is 1. The normalized spacial score (nSPS) is 22.9. The van der Waals surface area contributed by atoms with Crippen molar-refractivity contribution in [1.29, 1.82) is 0 Å². The van der Waals surface area contributed by atoms with E-state index in [9.17, 15) is 4.79 Å². The highest BCUT2D eigenvalue weighted by Crippen LogP contribution is 2.23. The molecule has 0 bridgehead atoms. The summed E-state index contributed by atoms with van der Waals surface area (Å²) in [4.78, 5) is 14.6. The highest BCUT2D eigenvalue weighted by molar-refractivity contribution is 7.07. The lowest BCUT2D eigenvalue weighted by molar-refractivity contribution is -0.132. The van der Waals surface area contributed by atoms with Gasteiger partial charge in [-0.15, -0.1) is 0 Å². The van der Waals surface area contributed by atoms with E-state index in [1.165, 1.54) is 5.56 Å². The molecule has 1 unspecified atom stereocenters. The van der Waals surface area contributed by atoms with E-state index < -0.39 is 0 Å². The first-order chi connectivity index (χ1) is 10.7. The average molecular weight is 325 g/mol. The van der Waals surface area contributed by atoms with Gasteiger partial charge in [-0.3, -0.25) is 9.69 Å². The molecular weight excluding hydrogens is 298 g/mol. The number of nitrogens with zero attached hydrogens (tertiary/aromatic N) is 1. The Morgan fingerprint density at radius 2 is 2.27 bits per heavy atom. The second-order valence-corrected chi connectivity index (χ2v) is 6.38. The van der Waals surface area contributed by atoms with Gasteiger partial charge in [0.15, 0.2) is 0 Å². The highest BCUT2D eigenvalue weighted by atomic mass is 32.1. The summed E-state index contributed by atoms with van der Waals surface area (Å²) >= 11 is 1.69. The van der Waals surface area contributed by atoms with Crippen molar-refractivity contribution in [3.63, 3.8) is 0 Å². The number of ether oxygens (including phenoxy) is 1. The van der Waals surface area contributed by atoms with Crippen LogP contribution in [0.25, 0.3) is 0 Å². The van der Waals surface area contributed by atoms with Crippen LogP contribution in [-0.4, -0.2) is 49.2 Å². The Morgan fingerprint density at radius 1 is 1.50 bits per heavy atom. The van der Waals surface area contributed by atoms with Crippen LogP contribution in [0.3, 0.4) is 0 Å². The molecule has 124 valence electrons. The molecule has 0 radical (unpaired) electrons. The van der Waals surface area contributed by atoms with Crippen molar-refractivity contribution >= 4 is 17.2 Å². The van der Waals surface area contributed by atoms with Gasteiger partial charge in [0.25, 0.3) is 0 Å². The highest BCUT2D eigenvalue weighted by Gasteiger charge is 2.30. The summed E-state index contributed by atoms with van der Waals surface area (Å²) < 4.78 is 5.66. The van der Waals surface area contributed by atoms with Gasteiger partial charge in [-0.2, -0.15) is 11.3 Å². The van der Waals surface area contributed by atoms with Crippen LogP contribution in [-0.2, 0) is 9.53 Å². The first-order valence-electron chi connectivity index (χ1n) is 8.08. The molecule has 1 saturated heterocycles. The maximum absolute atomic E-state index is 12.3. The van der Waals surface area contributed by atoms with E-state index in [0.29, 0.717) is 13.1 Å². The van der Waals surface area contributed by atoms with Crippen molar-refractivity contribution in [3.8, 4) is 0 Å². The third kappa shape index (κ3) is 4.29. The largest absolute Gasteiger partial charge is 0.364 e. The molecule has 1 aliphatic heterocycles. The van der Waals surface area contributed by atoms with Gasteiger partial charge in [0.05, 0.1) is 12.1 Å². The van der Waals surface area contributed by atoms with Crippen molar-refractivity contribution in [2.24, 2.45) is 5.73 Å². The lowest BCUT2D eigenvalue weighted by Gasteiger charge is -2.29. The number of hydrogen-bond acceptors (Lipinski definition) is 5. The second kappa shape index (κ2) is 8.62. The monoisotopic (exact) mass is 325 g/mol. The minimum atomic E-state index is -0.339. The fraction of sp³-hybridized carbons (Fsp3) is 0.688. The van der Waals surface area contributed by atoms with Crippen LogP contribution < -0.4 is 11.1 Å². The topological polar surface area (TPSA) is 67.6 Å². The van der Waals surface area contributed by atoms with E-state index in [1.807, 2.05) is 0 Å². The maximum Gasteiger partial charge on any atom is 0.249 e. The van der Waals surface area contributed by atoms with Crippen molar-refractivity contribution in [2.45, 2.75) is 44.9 Å². The fourth-order valence-electron chi connectivity index (χ4n) is 2.97. The van der Waals surface area contributed by atoms with E-state index in [4.69, 9.17) is 10.5 Å². The van der Waals surface area contributed by atoms with E-state index in [0.717, 1.165) is 25.9 Å². The van der Waals surface area contributed by atoms with E-state index in [2.05, 4.69) is 40.9 Å². The number of carbonyl (C=O) groups excluding carboxylic acids is 1. The van der Waals surface area contributed by atoms with Crippen molar-refractivity contribution < 1.29 is 9.53 Å².